The molecule has 0 spiro atoms. The molecule has 124 valence electrons. The smallest absolute Gasteiger partial charge is 0.407 e. The second-order valence-electron chi connectivity index (χ2n) is 7.07. The minimum Gasteiger partial charge on any atom is -0.444 e. The minimum absolute atomic E-state index is 0.0302. The van der Waals surface area contributed by atoms with Crippen LogP contribution >= 0.6 is 0 Å². The molecule has 1 heterocycles. The Morgan fingerprint density at radius 2 is 1.91 bits per heavy atom. The summed E-state index contributed by atoms with van der Waals surface area (Å²) in [6, 6.07) is -0.499. The van der Waals surface area contributed by atoms with Gasteiger partial charge in [0.25, 0.3) is 5.91 Å². The van der Waals surface area contributed by atoms with Gasteiger partial charge in [-0.05, 0) is 39.5 Å². The monoisotopic (exact) mass is 311 g/mol. The van der Waals surface area contributed by atoms with Crippen molar-refractivity contribution in [2.24, 2.45) is 5.92 Å². The highest BCUT2D eigenvalue weighted by Crippen LogP contribution is 2.34. The van der Waals surface area contributed by atoms with Crippen LogP contribution < -0.4 is 16.0 Å². The minimum atomic E-state index is -1.06. The Labute approximate surface area is 130 Å². The molecule has 1 saturated carbocycles. The molecule has 0 bridgehead atoms. The summed E-state index contributed by atoms with van der Waals surface area (Å²) in [5.74, 6) is -0.330. The lowest BCUT2D eigenvalue weighted by Gasteiger charge is -2.37. The van der Waals surface area contributed by atoms with Crippen LogP contribution in [0.1, 0.15) is 52.9 Å². The molecule has 2 rings (SSSR count). The van der Waals surface area contributed by atoms with Crippen LogP contribution in [0.5, 0.6) is 0 Å². The molecule has 1 saturated heterocycles. The van der Waals surface area contributed by atoms with E-state index in [1.54, 1.807) is 20.8 Å². The number of rotatable bonds is 3. The predicted molar refractivity (Wildman–Crippen MR) is 80.2 cm³/mol. The van der Waals surface area contributed by atoms with Crippen LogP contribution in [0.2, 0.25) is 0 Å². The van der Waals surface area contributed by atoms with Gasteiger partial charge in [-0.15, -0.1) is 0 Å². The zero-order valence-corrected chi connectivity index (χ0v) is 13.5. The number of urea groups is 1. The van der Waals surface area contributed by atoms with Crippen molar-refractivity contribution in [2.75, 3.05) is 6.54 Å². The van der Waals surface area contributed by atoms with Gasteiger partial charge >= 0.3 is 12.1 Å². The number of hydrogen-bond donors (Lipinski definition) is 3. The Balaban J connectivity index is 2.07. The highest BCUT2D eigenvalue weighted by Gasteiger charge is 2.52. The number of imide groups is 1. The van der Waals surface area contributed by atoms with Crippen molar-refractivity contribution >= 4 is 18.0 Å². The largest absolute Gasteiger partial charge is 0.444 e. The summed E-state index contributed by atoms with van der Waals surface area (Å²) >= 11 is 0. The standard InChI is InChI=1S/C15H25N3O4/c1-14(2,3)22-13(21)16-9-15(10-7-5-4-6-8-10)11(19)17-12(20)18-15/h10H,4-9H2,1-3H3,(H,16,21)(H2,17,18,19,20)/t15-/m0/s1. The number of amides is 4. The maximum Gasteiger partial charge on any atom is 0.407 e. The van der Waals surface area contributed by atoms with E-state index in [0.29, 0.717) is 0 Å². The molecule has 2 aliphatic rings. The molecule has 4 amide bonds. The van der Waals surface area contributed by atoms with Gasteiger partial charge in [0.05, 0.1) is 6.54 Å². The lowest BCUT2D eigenvalue weighted by Crippen LogP contribution is -2.60. The summed E-state index contributed by atoms with van der Waals surface area (Å²) in [5.41, 5.74) is -1.67. The number of carbonyl (C=O) groups is 3. The van der Waals surface area contributed by atoms with Crippen LogP contribution in [-0.2, 0) is 9.53 Å². The highest BCUT2D eigenvalue weighted by molar-refractivity contribution is 6.07. The zero-order valence-electron chi connectivity index (χ0n) is 13.5. The van der Waals surface area contributed by atoms with Crippen LogP contribution in [0.4, 0.5) is 9.59 Å². The van der Waals surface area contributed by atoms with Gasteiger partial charge in [0.1, 0.15) is 11.1 Å². The van der Waals surface area contributed by atoms with Gasteiger partial charge in [0.15, 0.2) is 0 Å². The van der Waals surface area contributed by atoms with Gasteiger partial charge in [0, 0.05) is 0 Å². The molecule has 0 aromatic heterocycles. The zero-order chi connectivity index (χ0) is 16.4. The molecule has 7 heteroatoms. The Kier molecular flexibility index (Phi) is 4.63. The molecular weight excluding hydrogens is 286 g/mol. The van der Waals surface area contributed by atoms with Gasteiger partial charge in [-0.25, -0.2) is 9.59 Å². The van der Waals surface area contributed by atoms with Crippen molar-refractivity contribution in [3.63, 3.8) is 0 Å². The highest BCUT2D eigenvalue weighted by atomic mass is 16.6. The topological polar surface area (TPSA) is 96.5 Å². The van der Waals surface area contributed by atoms with Crippen LogP contribution in [-0.4, -0.2) is 35.7 Å². The van der Waals surface area contributed by atoms with Crippen LogP contribution in [0.15, 0.2) is 0 Å². The third-order valence-corrected chi connectivity index (χ3v) is 4.18. The van der Waals surface area contributed by atoms with E-state index in [0.717, 1.165) is 32.1 Å². The Morgan fingerprint density at radius 1 is 1.27 bits per heavy atom. The van der Waals surface area contributed by atoms with Gasteiger partial charge in [-0.3, -0.25) is 10.1 Å². The number of nitrogens with one attached hydrogen (secondary N) is 3. The second-order valence-corrected chi connectivity index (χ2v) is 7.07. The Morgan fingerprint density at radius 3 is 2.41 bits per heavy atom. The quantitative estimate of drug-likeness (QED) is 0.691. The summed E-state index contributed by atoms with van der Waals surface area (Å²) in [5, 5.41) is 7.66. The fraction of sp³-hybridized carbons (Fsp3) is 0.800. The normalized spacial score (nSPS) is 26.3. The molecular formula is C15H25N3O4. The van der Waals surface area contributed by atoms with Crippen molar-refractivity contribution in [2.45, 2.75) is 64.0 Å². The van der Waals surface area contributed by atoms with E-state index >= 15 is 0 Å². The van der Waals surface area contributed by atoms with Gasteiger partial charge in [-0.1, -0.05) is 19.3 Å². The molecule has 1 aliphatic carbocycles. The number of hydrogen-bond acceptors (Lipinski definition) is 4. The fourth-order valence-electron chi connectivity index (χ4n) is 3.18. The SMILES string of the molecule is CC(C)(C)OC(=O)NC[C@@]1(C2CCCCC2)NC(=O)NC1=O. The average molecular weight is 311 g/mol. The third-order valence-electron chi connectivity index (χ3n) is 4.18. The van der Waals surface area contributed by atoms with Crippen LogP contribution in [0, 0.1) is 5.92 Å². The number of carbonyl (C=O) groups excluding carboxylic acids is 3. The summed E-state index contributed by atoms with van der Waals surface area (Å²) in [6.45, 7) is 5.36. The summed E-state index contributed by atoms with van der Waals surface area (Å²) in [4.78, 5) is 35.8. The average Bonchev–Trinajstić information content (AvgIpc) is 2.71. The molecule has 7 nitrogen and oxygen atoms in total. The van der Waals surface area contributed by atoms with E-state index in [-0.39, 0.29) is 18.4 Å². The van der Waals surface area contributed by atoms with Crippen molar-refractivity contribution in [1.29, 1.82) is 0 Å². The fourth-order valence-corrected chi connectivity index (χ4v) is 3.18. The van der Waals surface area contributed by atoms with Crippen molar-refractivity contribution in [3.8, 4) is 0 Å². The lowest BCUT2D eigenvalue weighted by molar-refractivity contribution is -0.126. The van der Waals surface area contributed by atoms with Crippen LogP contribution in [0.25, 0.3) is 0 Å². The van der Waals surface area contributed by atoms with E-state index in [2.05, 4.69) is 16.0 Å². The summed E-state index contributed by atoms with van der Waals surface area (Å²) in [6.07, 6.45) is 4.34. The summed E-state index contributed by atoms with van der Waals surface area (Å²) < 4.78 is 5.20. The molecule has 1 atom stereocenters. The van der Waals surface area contributed by atoms with E-state index < -0.39 is 23.3 Å². The van der Waals surface area contributed by atoms with Gasteiger partial charge in [-0.2, -0.15) is 0 Å². The molecule has 3 N–H and O–H groups in total. The van der Waals surface area contributed by atoms with Gasteiger partial charge < -0.3 is 15.4 Å². The molecule has 0 aromatic rings. The van der Waals surface area contributed by atoms with Crippen molar-refractivity contribution in [3.05, 3.63) is 0 Å². The molecule has 2 fully saturated rings. The van der Waals surface area contributed by atoms with Gasteiger partial charge in [0.2, 0.25) is 0 Å². The lowest BCUT2D eigenvalue weighted by atomic mass is 9.74. The first-order chi connectivity index (χ1) is 10.2. The van der Waals surface area contributed by atoms with E-state index in [1.807, 2.05) is 0 Å². The first-order valence-electron chi connectivity index (χ1n) is 7.83. The van der Waals surface area contributed by atoms with E-state index in [1.165, 1.54) is 0 Å². The predicted octanol–water partition coefficient (Wildman–Crippen LogP) is 1.67. The third kappa shape index (κ3) is 3.69. The number of alkyl carbamates (subject to hydrolysis) is 1. The van der Waals surface area contributed by atoms with Crippen molar-refractivity contribution < 1.29 is 19.1 Å². The summed E-state index contributed by atoms with van der Waals surface area (Å²) in [7, 11) is 0. The first kappa shape index (κ1) is 16.6. The molecule has 0 unspecified atom stereocenters. The van der Waals surface area contributed by atoms with E-state index in [9.17, 15) is 14.4 Å². The van der Waals surface area contributed by atoms with Crippen molar-refractivity contribution in [1.82, 2.24) is 16.0 Å². The molecule has 0 aromatic carbocycles. The maximum atomic E-state index is 12.3. The second kappa shape index (κ2) is 6.14. The Hall–Kier alpha value is -1.79. The molecule has 22 heavy (non-hydrogen) atoms. The van der Waals surface area contributed by atoms with E-state index in [4.69, 9.17) is 4.74 Å². The van der Waals surface area contributed by atoms with Crippen LogP contribution in [0.3, 0.4) is 0 Å². The number of ether oxygens (including phenoxy) is 1. The molecule has 0 radical (unpaired) electrons. The first-order valence-corrected chi connectivity index (χ1v) is 7.83. The Bertz CT molecular complexity index is 466. The maximum absolute atomic E-state index is 12.3. The molecule has 1 aliphatic heterocycles.